The monoisotopic (exact) mass is 361 g/mol. The van der Waals surface area contributed by atoms with Crippen molar-refractivity contribution in [3.8, 4) is 11.5 Å². The van der Waals surface area contributed by atoms with E-state index in [9.17, 15) is 4.79 Å². The zero-order chi connectivity index (χ0) is 17.9. The second kappa shape index (κ2) is 7.33. The van der Waals surface area contributed by atoms with Gasteiger partial charge in [-0.25, -0.2) is 0 Å². The summed E-state index contributed by atoms with van der Waals surface area (Å²) in [5.41, 5.74) is 0.183. The van der Waals surface area contributed by atoms with Gasteiger partial charge in [-0.3, -0.25) is 4.79 Å². The van der Waals surface area contributed by atoms with E-state index in [0.717, 1.165) is 5.56 Å². The Morgan fingerprint density at radius 3 is 2.76 bits per heavy atom. The molecule has 0 radical (unpaired) electrons. The third kappa shape index (κ3) is 3.89. The van der Waals surface area contributed by atoms with Crippen molar-refractivity contribution in [2.75, 3.05) is 20.3 Å². The number of rotatable bonds is 5. The molecule has 1 heterocycles. The highest BCUT2D eigenvalue weighted by Gasteiger charge is 2.31. The van der Waals surface area contributed by atoms with Gasteiger partial charge in [-0.15, -0.1) is 0 Å². The lowest BCUT2D eigenvalue weighted by Crippen LogP contribution is -2.48. The van der Waals surface area contributed by atoms with Crippen LogP contribution in [-0.4, -0.2) is 32.3 Å². The smallest absolute Gasteiger partial charge is 0.264 e. The van der Waals surface area contributed by atoms with E-state index in [0.29, 0.717) is 16.5 Å². The molecule has 5 nitrogen and oxygen atoms in total. The third-order valence-electron chi connectivity index (χ3n) is 4.29. The summed E-state index contributed by atoms with van der Waals surface area (Å²) in [7, 11) is 1.60. The Labute approximate surface area is 151 Å². The molecule has 0 saturated heterocycles. The molecule has 0 bridgehead atoms. The van der Waals surface area contributed by atoms with Crippen molar-refractivity contribution in [3.05, 3.63) is 59.1 Å². The zero-order valence-electron chi connectivity index (χ0n) is 14.1. The molecule has 0 saturated carbocycles. The first-order valence-corrected chi connectivity index (χ1v) is 8.37. The summed E-state index contributed by atoms with van der Waals surface area (Å²) in [6, 6.07) is 14.7. The fraction of sp³-hybridized carbons (Fsp3) is 0.316. The number of ether oxygens (including phenoxy) is 3. The standard InChI is InChI=1S/C19H20ClNO4/c1-19(23-2,13-6-5-7-14(20)10-13)12-21-18(22)17-11-24-15-8-3-4-9-16(15)25-17/h3-10,17H,11-12H2,1-2H3,(H,21,22)/t17-,19+/m0/s1. The van der Waals surface area contributed by atoms with Crippen molar-refractivity contribution >= 4 is 17.5 Å². The lowest BCUT2D eigenvalue weighted by Gasteiger charge is -2.31. The van der Waals surface area contributed by atoms with Gasteiger partial charge in [-0.05, 0) is 36.8 Å². The molecule has 0 fully saturated rings. The molecule has 0 unspecified atom stereocenters. The number of amides is 1. The van der Waals surface area contributed by atoms with E-state index in [-0.39, 0.29) is 19.1 Å². The van der Waals surface area contributed by atoms with Crippen LogP contribution in [0.15, 0.2) is 48.5 Å². The van der Waals surface area contributed by atoms with Gasteiger partial charge in [0, 0.05) is 12.1 Å². The fourth-order valence-electron chi connectivity index (χ4n) is 2.63. The maximum Gasteiger partial charge on any atom is 0.264 e. The summed E-state index contributed by atoms with van der Waals surface area (Å²) >= 11 is 6.06. The Balaban J connectivity index is 1.65. The van der Waals surface area contributed by atoms with E-state index in [1.54, 1.807) is 19.2 Å². The lowest BCUT2D eigenvalue weighted by atomic mass is 9.95. The highest BCUT2D eigenvalue weighted by Crippen LogP contribution is 2.31. The van der Waals surface area contributed by atoms with Crippen LogP contribution >= 0.6 is 11.6 Å². The number of carbonyl (C=O) groups excluding carboxylic acids is 1. The molecule has 1 N–H and O–H groups in total. The van der Waals surface area contributed by atoms with Gasteiger partial charge in [-0.1, -0.05) is 35.9 Å². The van der Waals surface area contributed by atoms with Crippen molar-refractivity contribution in [2.45, 2.75) is 18.6 Å². The number of methoxy groups -OCH3 is 1. The Kier molecular flexibility index (Phi) is 5.16. The normalized spacial score (nSPS) is 18.3. The minimum Gasteiger partial charge on any atom is -0.485 e. The Morgan fingerprint density at radius 1 is 1.28 bits per heavy atom. The predicted molar refractivity (Wildman–Crippen MR) is 95.2 cm³/mol. The molecule has 6 heteroatoms. The molecule has 3 rings (SSSR count). The maximum atomic E-state index is 12.5. The van der Waals surface area contributed by atoms with Crippen molar-refractivity contribution in [3.63, 3.8) is 0 Å². The number of hydrogen-bond donors (Lipinski definition) is 1. The van der Waals surface area contributed by atoms with Gasteiger partial charge < -0.3 is 19.5 Å². The molecule has 2 aromatic carbocycles. The number of nitrogens with one attached hydrogen (secondary N) is 1. The summed E-state index contributed by atoms with van der Waals surface area (Å²) in [5.74, 6) is 0.963. The van der Waals surface area contributed by atoms with Gasteiger partial charge >= 0.3 is 0 Å². The minimum absolute atomic E-state index is 0.170. The highest BCUT2D eigenvalue weighted by atomic mass is 35.5. The van der Waals surface area contributed by atoms with Crippen LogP contribution < -0.4 is 14.8 Å². The topological polar surface area (TPSA) is 56.8 Å². The van der Waals surface area contributed by atoms with Crippen molar-refractivity contribution in [2.24, 2.45) is 0 Å². The first-order chi connectivity index (χ1) is 12.0. The molecular weight excluding hydrogens is 342 g/mol. The largest absolute Gasteiger partial charge is 0.485 e. The van der Waals surface area contributed by atoms with E-state index in [4.69, 9.17) is 25.8 Å². The molecule has 1 aliphatic heterocycles. The SMILES string of the molecule is CO[C@](C)(CNC(=O)[C@@H]1COc2ccccc2O1)c1cccc(Cl)c1. The first-order valence-electron chi connectivity index (χ1n) is 7.99. The van der Waals surface area contributed by atoms with Gasteiger partial charge in [0.25, 0.3) is 5.91 Å². The van der Waals surface area contributed by atoms with Crippen LogP contribution in [0.4, 0.5) is 0 Å². The molecule has 0 aliphatic carbocycles. The second-order valence-electron chi connectivity index (χ2n) is 6.03. The van der Waals surface area contributed by atoms with Crippen LogP contribution in [0.1, 0.15) is 12.5 Å². The molecule has 0 aromatic heterocycles. The van der Waals surface area contributed by atoms with Gasteiger partial charge in [0.05, 0.1) is 6.54 Å². The Morgan fingerprint density at radius 2 is 2.04 bits per heavy atom. The van der Waals surface area contributed by atoms with Gasteiger partial charge in [0.15, 0.2) is 11.5 Å². The number of benzene rings is 2. The molecule has 132 valence electrons. The van der Waals surface area contributed by atoms with Crippen LogP contribution in [0, 0.1) is 0 Å². The molecule has 1 aliphatic rings. The molecule has 2 aromatic rings. The van der Waals surface area contributed by atoms with E-state index >= 15 is 0 Å². The molecule has 2 atom stereocenters. The fourth-order valence-corrected chi connectivity index (χ4v) is 2.82. The maximum absolute atomic E-state index is 12.5. The number of hydrogen-bond acceptors (Lipinski definition) is 4. The van der Waals surface area contributed by atoms with Crippen molar-refractivity contribution in [1.82, 2.24) is 5.32 Å². The average Bonchev–Trinajstić information content (AvgIpc) is 2.65. The molecule has 1 amide bonds. The second-order valence-corrected chi connectivity index (χ2v) is 6.46. The highest BCUT2D eigenvalue weighted by molar-refractivity contribution is 6.30. The van der Waals surface area contributed by atoms with E-state index in [1.807, 2.05) is 43.3 Å². The predicted octanol–water partition coefficient (Wildman–Crippen LogP) is 3.16. The van der Waals surface area contributed by atoms with Crippen LogP contribution in [0.3, 0.4) is 0 Å². The lowest BCUT2D eigenvalue weighted by molar-refractivity contribution is -0.131. The average molecular weight is 362 g/mol. The van der Waals surface area contributed by atoms with Crippen molar-refractivity contribution < 1.29 is 19.0 Å². The van der Waals surface area contributed by atoms with E-state index < -0.39 is 11.7 Å². The number of fused-ring (bicyclic) bond motifs is 1. The van der Waals surface area contributed by atoms with Gasteiger partial charge in [0.2, 0.25) is 6.10 Å². The summed E-state index contributed by atoms with van der Waals surface area (Å²) in [6.45, 7) is 2.35. The first kappa shape index (κ1) is 17.6. The number of carbonyl (C=O) groups is 1. The minimum atomic E-state index is -0.700. The van der Waals surface area contributed by atoms with Crippen molar-refractivity contribution in [1.29, 1.82) is 0 Å². The summed E-state index contributed by atoms with van der Waals surface area (Å²) < 4.78 is 16.9. The summed E-state index contributed by atoms with van der Waals surface area (Å²) in [6.07, 6.45) is -0.699. The molecule has 0 spiro atoms. The summed E-state index contributed by atoms with van der Waals surface area (Å²) in [5, 5.41) is 3.50. The zero-order valence-corrected chi connectivity index (χ0v) is 14.9. The molecular formula is C19H20ClNO4. The van der Waals surface area contributed by atoms with Gasteiger partial charge in [-0.2, -0.15) is 0 Å². The number of para-hydroxylation sites is 2. The van der Waals surface area contributed by atoms with Crippen LogP contribution in [0.2, 0.25) is 5.02 Å². The van der Waals surface area contributed by atoms with Gasteiger partial charge in [0.1, 0.15) is 12.2 Å². The number of halogens is 1. The Hall–Kier alpha value is -2.24. The Bertz CT molecular complexity index is 767. The molecule has 25 heavy (non-hydrogen) atoms. The third-order valence-corrected chi connectivity index (χ3v) is 4.52. The van der Waals surface area contributed by atoms with Crippen LogP contribution in [-0.2, 0) is 15.1 Å². The van der Waals surface area contributed by atoms with E-state index in [2.05, 4.69) is 5.32 Å². The quantitative estimate of drug-likeness (QED) is 0.888. The van der Waals surface area contributed by atoms with Crippen LogP contribution in [0.5, 0.6) is 11.5 Å². The van der Waals surface area contributed by atoms with E-state index in [1.165, 1.54) is 0 Å². The van der Waals surface area contributed by atoms with Crippen LogP contribution in [0.25, 0.3) is 0 Å². The summed E-state index contributed by atoms with van der Waals surface area (Å²) in [4.78, 5) is 12.5.